The lowest BCUT2D eigenvalue weighted by atomic mass is 9.95. The van der Waals surface area contributed by atoms with Crippen molar-refractivity contribution in [3.05, 3.63) is 35.4 Å². The molecule has 23 heavy (non-hydrogen) atoms. The van der Waals surface area contributed by atoms with E-state index in [2.05, 4.69) is 22.3 Å². The van der Waals surface area contributed by atoms with Gasteiger partial charge in [0, 0.05) is 18.2 Å². The summed E-state index contributed by atoms with van der Waals surface area (Å²) in [5.74, 6) is 1.73. The molecule has 1 aromatic rings. The van der Waals surface area contributed by atoms with E-state index in [0.717, 1.165) is 23.9 Å². The Kier molecular flexibility index (Phi) is 4.39. The Morgan fingerprint density at radius 3 is 2.48 bits per heavy atom. The molecule has 3 fully saturated rings. The number of amides is 1. The Labute approximate surface area is 139 Å². The Balaban J connectivity index is 1.33. The minimum Gasteiger partial charge on any atom is -0.349 e. The van der Waals surface area contributed by atoms with Crippen molar-refractivity contribution in [3.63, 3.8) is 0 Å². The quantitative estimate of drug-likeness (QED) is 0.921. The summed E-state index contributed by atoms with van der Waals surface area (Å²) in [7, 11) is 0. The van der Waals surface area contributed by atoms with Crippen LogP contribution in [0.5, 0.6) is 0 Å². The number of hydrogen-bond donors (Lipinski definition) is 1. The van der Waals surface area contributed by atoms with Gasteiger partial charge in [0.2, 0.25) is 0 Å². The molecule has 2 bridgehead atoms. The summed E-state index contributed by atoms with van der Waals surface area (Å²) in [4.78, 5) is 15.0. The third kappa shape index (κ3) is 3.45. The van der Waals surface area contributed by atoms with Crippen LogP contribution in [0.25, 0.3) is 0 Å². The molecule has 2 saturated carbocycles. The van der Waals surface area contributed by atoms with Gasteiger partial charge in [-0.1, -0.05) is 25.0 Å². The van der Waals surface area contributed by atoms with E-state index in [1.807, 2.05) is 12.1 Å². The van der Waals surface area contributed by atoms with E-state index in [0.29, 0.717) is 6.04 Å². The fourth-order valence-electron chi connectivity index (χ4n) is 4.81. The number of nitrogens with one attached hydrogen (secondary N) is 1. The van der Waals surface area contributed by atoms with Gasteiger partial charge in [0.25, 0.3) is 5.91 Å². The number of benzene rings is 1. The number of carbonyl (C=O) groups is 1. The van der Waals surface area contributed by atoms with E-state index in [9.17, 15) is 4.79 Å². The van der Waals surface area contributed by atoms with Gasteiger partial charge >= 0.3 is 0 Å². The average molecular weight is 312 g/mol. The molecule has 3 heteroatoms. The molecule has 0 aromatic heterocycles. The third-order valence-corrected chi connectivity index (χ3v) is 6.13. The first-order valence-corrected chi connectivity index (χ1v) is 9.40. The van der Waals surface area contributed by atoms with Crippen LogP contribution in [0.1, 0.15) is 60.9 Å². The average Bonchev–Trinajstić information content (AvgIpc) is 3.19. The minimum absolute atomic E-state index is 0.118. The first-order valence-electron chi connectivity index (χ1n) is 9.40. The molecular formula is C20H28N2O. The SMILES string of the molecule is O=C(N[C@H]1C[C@@H]2CC[C@@H]1C2)c1ccc(CN2CCCCC2)cc1. The molecule has 0 radical (unpaired) electrons. The molecule has 0 unspecified atom stereocenters. The van der Waals surface area contributed by atoms with Crippen molar-refractivity contribution in [2.75, 3.05) is 13.1 Å². The van der Waals surface area contributed by atoms with E-state index in [-0.39, 0.29) is 5.91 Å². The Hall–Kier alpha value is -1.35. The van der Waals surface area contributed by atoms with Crippen LogP contribution >= 0.6 is 0 Å². The molecule has 1 aromatic carbocycles. The molecule has 1 amide bonds. The van der Waals surface area contributed by atoms with Crippen LogP contribution in [0.4, 0.5) is 0 Å². The van der Waals surface area contributed by atoms with Crippen LogP contribution in [-0.2, 0) is 6.54 Å². The van der Waals surface area contributed by atoms with Gasteiger partial charge in [-0.2, -0.15) is 0 Å². The zero-order valence-corrected chi connectivity index (χ0v) is 14.0. The van der Waals surface area contributed by atoms with Crippen LogP contribution in [0.2, 0.25) is 0 Å². The second-order valence-electron chi connectivity index (χ2n) is 7.79. The van der Waals surface area contributed by atoms with E-state index < -0.39 is 0 Å². The second kappa shape index (κ2) is 6.64. The number of nitrogens with zero attached hydrogens (tertiary/aromatic N) is 1. The minimum atomic E-state index is 0.118. The molecule has 124 valence electrons. The monoisotopic (exact) mass is 312 g/mol. The molecule has 1 heterocycles. The number of carbonyl (C=O) groups excluding carboxylic acids is 1. The maximum absolute atomic E-state index is 12.5. The number of rotatable bonds is 4. The standard InChI is InChI=1S/C20H28N2O/c23-20(21-19-13-16-6-9-18(19)12-16)17-7-4-15(5-8-17)14-22-10-2-1-3-11-22/h4-5,7-8,16,18-19H,1-3,6,9-14H2,(H,21,23)/t16-,18-,19+/m1/s1. The summed E-state index contributed by atoms with van der Waals surface area (Å²) in [6.45, 7) is 3.45. The molecule has 1 saturated heterocycles. The molecule has 3 aliphatic rings. The summed E-state index contributed by atoms with van der Waals surface area (Å²) >= 11 is 0. The summed E-state index contributed by atoms with van der Waals surface area (Å²) in [6, 6.07) is 8.69. The van der Waals surface area contributed by atoms with E-state index in [4.69, 9.17) is 0 Å². The smallest absolute Gasteiger partial charge is 0.251 e. The summed E-state index contributed by atoms with van der Waals surface area (Å²) < 4.78 is 0. The van der Waals surface area contributed by atoms with Crippen LogP contribution in [-0.4, -0.2) is 29.9 Å². The lowest BCUT2D eigenvalue weighted by molar-refractivity contribution is 0.0923. The topological polar surface area (TPSA) is 32.3 Å². The van der Waals surface area contributed by atoms with Gasteiger partial charge in [0.15, 0.2) is 0 Å². The zero-order chi connectivity index (χ0) is 15.6. The summed E-state index contributed by atoms with van der Waals surface area (Å²) in [6.07, 6.45) is 9.24. The maximum Gasteiger partial charge on any atom is 0.251 e. The number of fused-ring (bicyclic) bond motifs is 2. The van der Waals surface area contributed by atoms with Gasteiger partial charge in [-0.05, 0) is 74.7 Å². The molecule has 3 atom stereocenters. The molecule has 2 aliphatic carbocycles. The molecular weight excluding hydrogens is 284 g/mol. The first kappa shape index (κ1) is 15.2. The highest BCUT2D eigenvalue weighted by Crippen LogP contribution is 2.44. The highest BCUT2D eigenvalue weighted by atomic mass is 16.1. The van der Waals surface area contributed by atoms with Crippen LogP contribution in [0.15, 0.2) is 24.3 Å². The van der Waals surface area contributed by atoms with Crippen molar-refractivity contribution in [1.29, 1.82) is 0 Å². The van der Waals surface area contributed by atoms with Crippen LogP contribution in [0, 0.1) is 11.8 Å². The van der Waals surface area contributed by atoms with E-state index in [1.165, 1.54) is 63.6 Å². The largest absolute Gasteiger partial charge is 0.349 e. The Bertz CT molecular complexity index is 547. The fraction of sp³-hybridized carbons (Fsp3) is 0.650. The molecule has 4 rings (SSSR count). The highest BCUT2D eigenvalue weighted by Gasteiger charge is 2.40. The third-order valence-electron chi connectivity index (χ3n) is 6.13. The Morgan fingerprint density at radius 2 is 1.83 bits per heavy atom. The van der Waals surface area contributed by atoms with Gasteiger partial charge in [-0.15, -0.1) is 0 Å². The van der Waals surface area contributed by atoms with Crippen molar-refractivity contribution in [2.45, 2.75) is 57.5 Å². The van der Waals surface area contributed by atoms with Crippen LogP contribution < -0.4 is 5.32 Å². The van der Waals surface area contributed by atoms with Gasteiger partial charge in [0.05, 0.1) is 0 Å². The van der Waals surface area contributed by atoms with Gasteiger partial charge in [-0.25, -0.2) is 0 Å². The molecule has 1 N–H and O–H groups in total. The molecule has 3 nitrogen and oxygen atoms in total. The van der Waals surface area contributed by atoms with E-state index in [1.54, 1.807) is 0 Å². The first-order chi connectivity index (χ1) is 11.3. The summed E-state index contributed by atoms with van der Waals surface area (Å²) in [5.41, 5.74) is 2.14. The van der Waals surface area contributed by atoms with Crippen molar-refractivity contribution >= 4 is 5.91 Å². The van der Waals surface area contributed by atoms with Crippen molar-refractivity contribution in [1.82, 2.24) is 10.2 Å². The normalized spacial score (nSPS) is 30.5. The van der Waals surface area contributed by atoms with Crippen molar-refractivity contribution in [2.24, 2.45) is 11.8 Å². The van der Waals surface area contributed by atoms with Gasteiger partial charge in [-0.3, -0.25) is 9.69 Å². The van der Waals surface area contributed by atoms with Gasteiger partial charge < -0.3 is 5.32 Å². The second-order valence-corrected chi connectivity index (χ2v) is 7.79. The molecule has 1 aliphatic heterocycles. The number of likely N-dealkylation sites (tertiary alicyclic amines) is 1. The number of hydrogen-bond acceptors (Lipinski definition) is 2. The number of piperidine rings is 1. The van der Waals surface area contributed by atoms with Crippen molar-refractivity contribution < 1.29 is 4.79 Å². The van der Waals surface area contributed by atoms with Crippen LogP contribution in [0.3, 0.4) is 0 Å². The van der Waals surface area contributed by atoms with Gasteiger partial charge in [0.1, 0.15) is 0 Å². The van der Waals surface area contributed by atoms with E-state index >= 15 is 0 Å². The fourth-order valence-corrected chi connectivity index (χ4v) is 4.81. The predicted molar refractivity (Wildman–Crippen MR) is 92.3 cm³/mol. The lowest BCUT2D eigenvalue weighted by Crippen LogP contribution is -2.38. The highest BCUT2D eigenvalue weighted by molar-refractivity contribution is 5.94. The predicted octanol–water partition coefficient (Wildman–Crippen LogP) is 3.59. The zero-order valence-electron chi connectivity index (χ0n) is 14.0. The lowest BCUT2D eigenvalue weighted by Gasteiger charge is -2.26. The maximum atomic E-state index is 12.5. The Morgan fingerprint density at radius 1 is 1.04 bits per heavy atom. The molecule has 0 spiro atoms. The van der Waals surface area contributed by atoms with Crippen molar-refractivity contribution in [3.8, 4) is 0 Å². The summed E-state index contributed by atoms with van der Waals surface area (Å²) in [5, 5.41) is 3.28.